The van der Waals surface area contributed by atoms with E-state index in [2.05, 4.69) is 31.4 Å². The molecule has 0 bridgehead atoms. The van der Waals surface area contributed by atoms with Crippen molar-refractivity contribution in [2.45, 2.75) is 16.7 Å². The third-order valence-electron chi connectivity index (χ3n) is 9.36. The minimum Gasteiger partial charge on any atom is -0.399 e. The van der Waals surface area contributed by atoms with Crippen LogP contribution in [0.4, 0.5) is 34.1 Å². The molecule has 0 aliphatic heterocycles. The van der Waals surface area contributed by atoms with Crippen molar-refractivity contribution in [1.29, 1.82) is 0 Å². The summed E-state index contributed by atoms with van der Waals surface area (Å²) < 4.78 is 101. The van der Waals surface area contributed by atoms with Crippen molar-refractivity contribution in [2.24, 2.45) is 15.3 Å². The summed E-state index contributed by atoms with van der Waals surface area (Å²) in [4.78, 5) is 37.0. The molecule has 23 heteroatoms. The number of hydrazone groups is 1. The van der Waals surface area contributed by atoms with Crippen LogP contribution in [0, 0.1) is 6.92 Å². The number of Topliss-reactive ketones (excluding diaryl/α,β-unsaturated/α-hetero) is 1. The molecule has 0 fully saturated rings. The first-order valence-corrected chi connectivity index (χ1v) is 22.3. The molecule has 0 saturated carbocycles. The van der Waals surface area contributed by atoms with Gasteiger partial charge in [0.15, 0.2) is 5.71 Å². The van der Waals surface area contributed by atoms with Crippen molar-refractivity contribution in [2.75, 3.05) is 21.8 Å². The van der Waals surface area contributed by atoms with Crippen molar-refractivity contribution in [3.05, 3.63) is 148 Å². The molecule has 2 amide bonds. The molecule has 0 aromatic heterocycles. The second-order valence-electron chi connectivity index (χ2n) is 13.8. The van der Waals surface area contributed by atoms with Gasteiger partial charge in [0.25, 0.3) is 42.2 Å². The molecule has 8 N–H and O–H groups in total. The van der Waals surface area contributed by atoms with E-state index in [4.69, 9.17) is 5.73 Å². The van der Waals surface area contributed by atoms with Crippen LogP contribution in [0.3, 0.4) is 0 Å². The number of benzene rings is 6. The van der Waals surface area contributed by atoms with Gasteiger partial charge in [-0.1, -0.05) is 6.07 Å². The second kappa shape index (κ2) is 18.3. The van der Waals surface area contributed by atoms with Gasteiger partial charge in [-0.25, -0.2) is 0 Å². The first-order chi connectivity index (χ1) is 29.6. The molecule has 1 aliphatic rings. The van der Waals surface area contributed by atoms with E-state index in [-0.39, 0.29) is 74.1 Å². The Morgan fingerprint density at radius 1 is 0.641 bits per heavy atom. The van der Waals surface area contributed by atoms with E-state index >= 15 is 0 Å². The summed E-state index contributed by atoms with van der Waals surface area (Å²) in [5.41, 5.74) is 10.8. The summed E-state index contributed by atoms with van der Waals surface area (Å²) in [6.07, 6.45) is 1.05. The van der Waals surface area contributed by atoms with Crippen LogP contribution in [-0.2, 0) is 30.4 Å². The maximum Gasteiger partial charge on any atom is 1.00 e. The Balaban J connectivity index is 0.00000680. The fourth-order valence-corrected chi connectivity index (χ4v) is 8.25. The SMILES string of the molecule is Cc1cc(NC(=O)c2ccc(N/N=C3\C(=O)c4ccc(NC(=O)c5ccc(N)cc5)cc4C=C3S(=O)(=O)O)cc2)ccc1N=Nc1ccc2cc(S(=O)(=O)O)cc(S(=O)(=O)O)c2c1.[Na+]. The molecule has 320 valence electrons. The number of hydrogen-bond acceptors (Lipinski definition) is 14. The Morgan fingerprint density at radius 2 is 1.23 bits per heavy atom. The number of amides is 2. The smallest absolute Gasteiger partial charge is 0.399 e. The van der Waals surface area contributed by atoms with Gasteiger partial charge >= 0.3 is 29.6 Å². The molecule has 6 aromatic carbocycles. The van der Waals surface area contributed by atoms with Crippen molar-refractivity contribution in [1.82, 2.24) is 0 Å². The van der Waals surface area contributed by atoms with Crippen molar-refractivity contribution in [3.63, 3.8) is 0 Å². The van der Waals surface area contributed by atoms with Crippen LogP contribution in [0.2, 0.25) is 0 Å². The summed E-state index contributed by atoms with van der Waals surface area (Å²) in [5, 5.41) is 17.7. The van der Waals surface area contributed by atoms with Crippen molar-refractivity contribution in [3.8, 4) is 0 Å². The number of azo groups is 1. The van der Waals surface area contributed by atoms with E-state index in [1.54, 1.807) is 37.3 Å². The molecule has 0 atom stereocenters. The van der Waals surface area contributed by atoms with Gasteiger partial charge in [-0.05, 0) is 139 Å². The number of nitrogen functional groups attached to an aromatic ring is 1. The Labute approximate surface area is 386 Å². The Hall–Kier alpha value is -6.47. The van der Waals surface area contributed by atoms with Crippen LogP contribution in [0.25, 0.3) is 16.8 Å². The van der Waals surface area contributed by atoms with Crippen LogP contribution >= 0.6 is 0 Å². The first kappa shape index (κ1) is 47.0. The molecule has 64 heavy (non-hydrogen) atoms. The number of nitrogens with one attached hydrogen (secondary N) is 3. The Bertz CT molecular complexity index is 3360. The number of nitrogens with zero attached hydrogens (tertiary/aromatic N) is 3. The minimum absolute atomic E-state index is 0. The van der Waals surface area contributed by atoms with Gasteiger partial charge in [-0.15, -0.1) is 0 Å². The largest absolute Gasteiger partial charge is 1.00 e. The van der Waals surface area contributed by atoms with Crippen LogP contribution in [0.1, 0.15) is 42.2 Å². The standard InChI is InChI=1S/C41H31N7O12S3.Na/c1-22-16-29(13-15-35(22)47-46-31-11-6-25-18-32(61(52,53)54)21-36(34(25)20-31)62(55,56)57)43-41(51)24-4-9-28(10-5-24)45-48-38-37(63(58,59)60)19-26-17-30(12-14-33(26)39(38)49)44-40(50)23-2-7-27(42)8-3-23;/h2-21,45H,42H2,1H3,(H,43,51)(H,44,50)(H,52,53,54)(H,55,56,57)(H,58,59,60);/q;+1/b47-46?,48-38-;. The quantitative estimate of drug-likeness (QED) is 0.0317. The van der Waals surface area contributed by atoms with E-state index < -0.39 is 68.4 Å². The number of hydrogen-bond donors (Lipinski definition) is 7. The first-order valence-electron chi connectivity index (χ1n) is 18.0. The number of rotatable bonds is 11. The normalized spacial score (nSPS) is 13.5. The minimum atomic E-state index is -4.97. The monoisotopic (exact) mass is 932 g/mol. The summed E-state index contributed by atoms with van der Waals surface area (Å²) in [7, 11) is -14.7. The number of anilines is 4. The Kier molecular flexibility index (Phi) is 13.5. The molecule has 0 saturated heterocycles. The zero-order valence-electron chi connectivity index (χ0n) is 33.2. The van der Waals surface area contributed by atoms with Crippen LogP contribution < -0.4 is 51.4 Å². The van der Waals surface area contributed by atoms with Gasteiger partial charge in [-0.2, -0.15) is 40.6 Å². The summed E-state index contributed by atoms with van der Waals surface area (Å²) in [5.74, 6) is -1.82. The van der Waals surface area contributed by atoms with Crippen LogP contribution in [0.5, 0.6) is 0 Å². The number of nitrogens with two attached hydrogens (primary N) is 1. The molecule has 0 unspecified atom stereocenters. The van der Waals surface area contributed by atoms with E-state index in [1.807, 2.05) is 0 Å². The summed E-state index contributed by atoms with van der Waals surface area (Å²) in [6.45, 7) is 1.69. The maximum absolute atomic E-state index is 13.5. The third kappa shape index (κ3) is 10.6. The number of allylic oxidation sites excluding steroid dienone is 1. The predicted molar refractivity (Wildman–Crippen MR) is 233 cm³/mol. The van der Waals surface area contributed by atoms with E-state index in [0.717, 1.165) is 12.1 Å². The zero-order chi connectivity index (χ0) is 45.4. The topological polar surface area (TPSA) is 314 Å². The molecule has 0 radical (unpaired) electrons. The Morgan fingerprint density at radius 3 is 1.83 bits per heavy atom. The van der Waals surface area contributed by atoms with Gasteiger partial charge in [0.1, 0.15) is 9.80 Å². The summed E-state index contributed by atoms with van der Waals surface area (Å²) in [6, 6.07) is 26.5. The van der Waals surface area contributed by atoms with Crippen molar-refractivity contribution >= 4 is 105 Å². The maximum atomic E-state index is 13.5. The van der Waals surface area contributed by atoms with E-state index in [9.17, 15) is 53.3 Å². The molecule has 0 heterocycles. The zero-order valence-corrected chi connectivity index (χ0v) is 37.7. The number of ketones is 1. The fourth-order valence-electron chi connectivity index (χ4n) is 6.24. The second-order valence-corrected chi connectivity index (χ2v) is 18.0. The van der Waals surface area contributed by atoms with Gasteiger partial charge in [-0.3, -0.25) is 33.5 Å². The van der Waals surface area contributed by atoms with Gasteiger partial charge in [0.2, 0.25) is 5.78 Å². The summed E-state index contributed by atoms with van der Waals surface area (Å²) >= 11 is 0. The van der Waals surface area contributed by atoms with E-state index in [1.165, 1.54) is 72.8 Å². The fraction of sp³-hybridized carbons (Fsp3) is 0.0244. The van der Waals surface area contributed by atoms with Gasteiger partial charge in [0.05, 0.1) is 22.0 Å². The molecule has 1 aliphatic carbocycles. The van der Waals surface area contributed by atoms with Crippen LogP contribution in [0.15, 0.2) is 145 Å². The average Bonchev–Trinajstić information content (AvgIpc) is 3.21. The number of fused-ring (bicyclic) bond motifs is 2. The molecule has 6 aromatic rings. The van der Waals surface area contributed by atoms with Crippen LogP contribution in [-0.4, -0.2) is 62.2 Å². The number of carbonyl (C=O) groups is 3. The van der Waals surface area contributed by atoms with Gasteiger partial charge in [0, 0.05) is 39.1 Å². The molecule has 7 rings (SSSR count). The third-order valence-corrected chi connectivity index (χ3v) is 12.0. The van der Waals surface area contributed by atoms with Crippen molar-refractivity contribution < 1.29 is 82.9 Å². The molecular weight excluding hydrogens is 902 g/mol. The number of aryl methyl sites for hydroxylation is 1. The van der Waals surface area contributed by atoms with Gasteiger partial charge < -0.3 is 16.4 Å². The average molecular weight is 933 g/mol. The molecule has 0 spiro atoms. The molecular formula is C41H31N7NaO12S3+. The van der Waals surface area contributed by atoms with E-state index in [0.29, 0.717) is 34.3 Å². The number of carbonyl (C=O) groups excluding carboxylic acids is 3. The predicted octanol–water partition coefficient (Wildman–Crippen LogP) is 4.04. The molecule has 19 nitrogen and oxygen atoms in total.